The molecule has 0 aromatic heterocycles. The zero-order chi connectivity index (χ0) is 18.7. The number of amides is 2. The number of hydrogen-bond acceptors (Lipinski definition) is 3. The van der Waals surface area contributed by atoms with E-state index in [1.807, 2.05) is 30.3 Å². The second kappa shape index (κ2) is 7.72. The van der Waals surface area contributed by atoms with Gasteiger partial charge in [0.2, 0.25) is 11.8 Å². The molecule has 1 fully saturated rings. The number of primary amides is 1. The van der Waals surface area contributed by atoms with E-state index in [4.69, 9.17) is 22.1 Å². The molecule has 2 amide bonds. The third-order valence-electron chi connectivity index (χ3n) is 4.39. The van der Waals surface area contributed by atoms with Crippen LogP contribution in [0.3, 0.4) is 0 Å². The molecule has 0 radical (unpaired) electrons. The predicted molar refractivity (Wildman–Crippen MR) is 101 cm³/mol. The van der Waals surface area contributed by atoms with Crippen molar-refractivity contribution < 1.29 is 14.3 Å². The summed E-state index contributed by atoms with van der Waals surface area (Å²) in [5.74, 6) is -0.605. The molecule has 2 aromatic rings. The summed E-state index contributed by atoms with van der Waals surface area (Å²) in [6.07, 6.45) is 1.31. The van der Waals surface area contributed by atoms with Gasteiger partial charge in [0, 0.05) is 17.1 Å². The number of nitrogens with two attached hydrogens (primary N) is 1. The van der Waals surface area contributed by atoms with Crippen molar-refractivity contribution in [3.8, 4) is 11.1 Å². The van der Waals surface area contributed by atoms with Gasteiger partial charge in [-0.25, -0.2) is 0 Å². The van der Waals surface area contributed by atoms with E-state index in [9.17, 15) is 9.59 Å². The molecule has 1 heterocycles. The zero-order valence-corrected chi connectivity index (χ0v) is 14.9. The molecule has 2 N–H and O–H groups in total. The second-order valence-corrected chi connectivity index (χ2v) is 6.48. The summed E-state index contributed by atoms with van der Waals surface area (Å²) in [6.45, 7) is 4.98. The maximum absolute atomic E-state index is 12.2. The van der Waals surface area contributed by atoms with Crippen LogP contribution in [0.2, 0.25) is 5.02 Å². The third-order valence-corrected chi connectivity index (χ3v) is 4.61. The van der Waals surface area contributed by atoms with Crippen molar-refractivity contribution in [3.05, 3.63) is 71.3 Å². The fourth-order valence-corrected chi connectivity index (χ4v) is 3.30. The summed E-state index contributed by atoms with van der Waals surface area (Å²) in [4.78, 5) is 25.1. The van der Waals surface area contributed by atoms with Crippen molar-refractivity contribution in [3.63, 3.8) is 0 Å². The van der Waals surface area contributed by atoms with Crippen molar-refractivity contribution in [1.29, 1.82) is 0 Å². The van der Waals surface area contributed by atoms with Crippen LogP contribution in [0.1, 0.15) is 22.0 Å². The number of nitrogens with zero attached hydrogens (tertiary/aromatic N) is 1. The van der Waals surface area contributed by atoms with E-state index in [2.05, 4.69) is 6.58 Å². The van der Waals surface area contributed by atoms with Gasteiger partial charge in [-0.05, 0) is 53.1 Å². The normalized spacial score (nSPS) is 17.0. The van der Waals surface area contributed by atoms with Crippen molar-refractivity contribution in [2.45, 2.75) is 6.04 Å². The highest BCUT2D eigenvalue weighted by Crippen LogP contribution is 2.31. The van der Waals surface area contributed by atoms with E-state index in [1.54, 1.807) is 17.0 Å². The number of morpholine rings is 1. The van der Waals surface area contributed by atoms with E-state index >= 15 is 0 Å². The van der Waals surface area contributed by atoms with Gasteiger partial charge in [-0.1, -0.05) is 30.3 Å². The first-order chi connectivity index (χ1) is 12.5. The van der Waals surface area contributed by atoms with Crippen molar-refractivity contribution in [2.24, 2.45) is 5.73 Å². The molecule has 1 saturated heterocycles. The lowest BCUT2D eigenvalue weighted by atomic mass is 9.97. The lowest BCUT2D eigenvalue weighted by Crippen LogP contribution is -2.42. The standard InChI is InChI=1S/C20H19ClN2O3/c1-2-19(24)23-7-8-26-12-18(23)16-9-15(10-17(21)11-16)13-3-5-14(6-4-13)20(22)25/h2-6,9-11,18H,1,7-8,12H2,(H2,22,25). The quantitative estimate of drug-likeness (QED) is 0.840. The summed E-state index contributed by atoms with van der Waals surface area (Å²) in [7, 11) is 0. The lowest BCUT2D eigenvalue weighted by molar-refractivity contribution is -0.134. The Bertz CT molecular complexity index is 849. The minimum Gasteiger partial charge on any atom is -0.377 e. The van der Waals surface area contributed by atoms with E-state index < -0.39 is 5.91 Å². The van der Waals surface area contributed by atoms with Crippen LogP contribution in [-0.2, 0) is 9.53 Å². The van der Waals surface area contributed by atoms with Crippen LogP contribution in [-0.4, -0.2) is 36.5 Å². The minimum absolute atomic E-state index is 0.134. The Balaban J connectivity index is 1.97. The number of carbonyl (C=O) groups excluding carboxylic acids is 2. The van der Waals surface area contributed by atoms with Gasteiger partial charge in [0.05, 0.1) is 19.3 Å². The minimum atomic E-state index is -0.471. The molecular formula is C20H19ClN2O3. The van der Waals surface area contributed by atoms with Gasteiger partial charge in [0.15, 0.2) is 0 Å². The Morgan fingerprint density at radius 2 is 1.92 bits per heavy atom. The molecule has 1 unspecified atom stereocenters. The van der Waals surface area contributed by atoms with Crippen LogP contribution in [0.4, 0.5) is 0 Å². The van der Waals surface area contributed by atoms with Gasteiger partial charge in [-0.2, -0.15) is 0 Å². The van der Waals surface area contributed by atoms with Crippen LogP contribution in [0.5, 0.6) is 0 Å². The Hall–Kier alpha value is -2.63. The number of ether oxygens (including phenoxy) is 1. The van der Waals surface area contributed by atoms with Gasteiger partial charge in [0.1, 0.15) is 0 Å². The van der Waals surface area contributed by atoms with E-state index in [1.165, 1.54) is 6.08 Å². The molecule has 1 atom stereocenters. The van der Waals surface area contributed by atoms with Gasteiger partial charge in [-0.15, -0.1) is 0 Å². The Kier molecular flexibility index (Phi) is 5.40. The summed E-state index contributed by atoms with van der Waals surface area (Å²) >= 11 is 6.32. The largest absolute Gasteiger partial charge is 0.377 e. The molecule has 0 bridgehead atoms. The monoisotopic (exact) mass is 370 g/mol. The summed E-state index contributed by atoms with van der Waals surface area (Å²) < 4.78 is 5.57. The average Bonchev–Trinajstić information content (AvgIpc) is 2.67. The SMILES string of the molecule is C=CC(=O)N1CCOCC1c1cc(Cl)cc(-c2ccc(C(N)=O)cc2)c1. The van der Waals surface area contributed by atoms with Gasteiger partial charge in [0.25, 0.3) is 0 Å². The molecule has 0 saturated carbocycles. The first kappa shape index (κ1) is 18.2. The second-order valence-electron chi connectivity index (χ2n) is 6.04. The van der Waals surface area contributed by atoms with Crippen molar-refractivity contribution >= 4 is 23.4 Å². The van der Waals surface area contributed by atoms with Crippen LogP contribution in [0.15, 0.2) is 55.1 Å². The smallest absolute Gasteiger partial charge is 0.248 e. The molecule has 0 spiro atoms. The molecular weight excluding hydrogens is 352 g/mol. The van der Waals surface area contributed by atoms with E-state index in [0.717, 1.165) is 16.7 Å². The van der Waals surface area contributed by atoms with Crippen LogP contribution >= 0.6 is 11.6 Å². The van der Waals surface area contributed by atoms with E-state index in [-0.39, 0.29) is 11.9 Å². The zero-order valence-electron chi connectivity index (χ0n) is 14.2. The van der Waals surface area contributed by atoms with Crippen molar-refractivity contribution in [2.75, 3.05) is 19.8 Å². The highest BCUT2D eigenvalue weighted by molar-refractivity contribution is 6.31. The summed E-state index contributed by atoms with van der Waals surface area (Å²) in [6, 6.07) is 12.4. The molecule has 5 nitrogen and oxygen atoms in total. The Morgan fingerprint density at radius 1 is 1.19 bits per heavy atom. The molecule has 3 rings (SSSR count). The Labute approximate surface area is 157 Å². The number of carbonyl (C=O) groups is 2. The number of benzene rings is 2. The van der Waals surface area contributed by atoms with E-state index in [0.29, 0.717) is 30.3 Å². The molecule has 0 aliphatic carbocycles. The van der Waals surface area contributed by atoms with Crippen LogP contribution < -0.4 is 5.73 Å². The lowest BCUT2D eigenvalue weighted by Gasteiger charge is -2.35. The molecule has 134 valence electrons. The number of halogens is 1. The molecule has 2 aromatic carbocycles. The molecule has 26 heavy (non-hydrogen) atoms. The number of hydrogen-bond donors (Lipinski definition) is 1. The van der Waals surface area contributed by atoms with Crippen LogP contribution in [0.25, 0.3) is 11.1 Å². The first-order valence-electron chi connectivity index (χ1n) is 8.21. The van der Waals surface area contributed by atoms with Crippen molar-refractivity contribution in [1.82, 2.24) is 4.90 Å². The highest BCUT2D eigenvalue weighted by atomic mass is 35.5. The topological polar surface area (TPSA) is 72.6 Å². The Morgan fingerprint density at radius 3 is 2.58 bits per heavy atom. The highest BCUT2D eigenvalue weighted by Gasteiger charge is 2.27. The number of rotatable bonds is 4. The maximum Gasteiger partial charge on any atom is 0.248 e. The summed E-state index contributed by atoms with van der Waals surface area (Å²) in [5.41, 5.74) is 8.41. The van der Waals surface area contributed by atoms with Gasteiger partial charge < -0.3 is 15.4 Å². The average molecular weight is 371 g/mol. The molecule has 1 aliphatic rings. The first-order valence-corrected chi connectivity index (χ1v) is 8.59. The van der Waals surface area contributed by atoms with Gasteiger partial charge in [-0.3, -0.25) is 9.59 Å². The predicted octanol–water partition coefficient (Wildman–Crippen LogP) is 3.19. The third kappa shape index (κ3) is 3.79. The molecule has 1 aliphatic heterocycles. The molecule has 6 heteroatoms. The fourth-order valence-electron chi connectivity index (χ4n) is 3.06. The van der Waals surface area contributed by atoms with Crippen LogP contribution in [0, 0.1) is 0 Å². The van der Waals surface area contributed by atoms with Gasteiger partial charge >= 0.3 is 0 Å². The fraction of sp³-hybridized carbons (Fsp3) is 0.200. The maximum atomic E-state index is 12.2. The summed E-state index contributed by atoms with van der Waals surface area (Å²) in [5, 5.41) is 0.563.